The molecule has 0 amide bonds. The molecule has 0 atom stereocenters. The number of Topliss-reactive ketones (excluding diaryl/α,β-unsaturated/α-hetero) is 1. The minimum absolute atomic E-state index is 0.272. The highest BCUT2D eigenvalue weighted by Gasteiger charge is 2.20. The van der Waals surface area contributed by atoms with Crippen molar-refractivity contribution >= 4 is 11.4 Å². The van der Waals surface area contributed by atoms with Gasteiger partial charge in [0.05, 0.1) is 5.69 Å². The van der Waals surface area contributed by atoms with Crippen LogP contribution in [-0.4, -0.2) is 10.8 Å². The molecule has 0 aliphatic heterocycles. The summed E-state index contributed by atoms with van der Waals surface area (Å²) in [4.78, 5) is 16.5. The van der Waals surface area contributed by atoms with E-state index < -0.39 is 0 Å². The highest BCUT2D eigenvalue weighted by Crippen LogP contribution is 2.34. The molecule has 0 bridgehead atoms. The van der Waals surface area contributed by atoms with E-state index >= 15 is 0 Å². The topological polar surface area (TPSA) is 30.0 Å². The van der Waals surface area contributed by atoms with E-state index in [1.807, 2.05) is 37.4 Å². The van der Waals surface area contributed by atoms with Crippen LogP contribution in [-0.2, 0) is 4.79 Å². The van der Waals surface area contributed by atoms with Crippen LogP contribution in [0.25, 0.3) is 16.8 Å². The van der Waals surface area contributed by atoms with Gasteiger partial charge in [-0.2, -0.15) is 0 Å². The number of ketones is 1. The van der Waals surface area contributed by atoms with Gasteiger partial charge in [0.1, 0.15) is 0 Å². The maximum absolute atomic E-state index is 11.9. The zero-order valence-electron chi connectivity index (χ0n) is 11.6. The molecule has 0 spiro atoms. The van der Waals surface area contributed by atoms with Crippen molar-refractivity contribution in [2.75, 3.05) is 0 Å². The number of pyridine rings is 1. The fourth-order valence-corrected chi connectivity index (χ4v) is 2.78. The molecule has 0 saturated carbocycles. The summed E-state index contributed by atoms with van der Waals surface area (Å²) in [6.45, 7) is 1.94. The Hall–Kier alpha value is -2.22. The average molecular weight is 263 g/mol. The Labute approximate surface area is 119 Å². The monoisotopic (exact) mass is 263 g/mol. The van der Waals surface area contributed by atoms with E-state index in [2.05, 4.69) is 23.2 Å². The van der Waals surface area contributed by atoms with Crippen molar-refractivity contribution < 1.29 is 4.79 Å². The number of hydrogen-bond donors (Lipinski definition) is 0. The average Bonchev–Trinajstić information content (AvgIpc) is 2.51. The van der Waals surface area contributed by atoms with Crippen molar-refractivity contribution in [3.8, 4) is 11.3 Å². The first-order chi connectivity index (χ1) is 9.77. The minimum atomic E-state index is 0.272. The summed E-state index contributed by atoms with van der Waals surface area (Å²) in [7, 11) is 0. The molecule has 2 heteroatoms. The van der Waals surface area contributed by atoms with Gasteiger partial charge in [-0.15, -0.1) is 0 Å². The second-order valence-electron chi connectivity index (χ2n) is 5.15. The third kappa shape index (κ3) is 2.29. The summed E-state index contributed by atoms with van der Waals surface area (Å²) in [6.07, 6.45) is 4.39. The number of allylic oxidation sites excluding steroid dienone is 2. The van der Waals surface area contributed by atoms with Crippen molar-refractivity contribution in [2.45, 2.75) is 26.2 Å². The molecule has 0 unspecified atom stereocenters. The molecule has 1 aliphatic carbocycles. The molecular weight excluding hydrogens is 246 g/mol. The smallest absolute Gasteiger partial charge is 0.158 e. The fraction of sp³-hybridized carbons (Fsp3) is 0.222. The predicted octanol–water partition coefficient (Wildman–Crippen LogP) is 4.28. The van der Waals surface area contributed by atoms with Gasteiger partial charge in [-0.1, -0.05) is 36.4 Å². The standard InChI is InChI=1S/C18H17NO/c1-13-15(9-5-11-17(13)20)16-10-6-12-19-18(16)14-7-3-2-4-8-14/h2-4,6-8,10,12H,5,9,11H2,1H3. The molecule has 2 aromatic rings. The second kappa shape index (κ2) is 5.41. The molecule has 2 nitrogen and oxygen atoms in total. The third-order valence-corrected chi connectivity index (χ3v) is 3.88. The van der Waals surface area contributed by atoms with Gasteiger partial charge in [0.2, 0.25) is 0 Å². The van der Waals surface area contributed by atoms with Crippen LogP contribution in [0.4, 0.5) is 0 Å². The van der Waals surface area contributed by atoms with Gasteiger partial charge in [0.15, 0.2) is 5.78 Å². The Bertz CT molecular complexity index is 671. The highest BCUT2D eigenvalue weighted by molar-refractivity contribution is 6.04. The Kier molecular flexibility index (Phi) is 3.46. The van der Waals surface area contributed by atoms with Crippen LogP contribution >= 0.6 is 0 Å². The fourth-order valence-electron chi connectivity index (χ4n) is 2.78. The van der Waals surface area contributed by atoms with Gasteiger partial charge in [0.25, 0.3) is 0 Å². The van der Waals surface area contributed by atoms with Gasteiger partial charge in [-0.05, 0) is 37.0 Å². The molecule has 1 aromatic carbocycles. The molecule has 3 rings (SSSR count). The summed E-state index contributed by atoms with van der Waals surface area (Å²) in [5.74, 6) is 0.272. The lowest BCUT2D eigenvalue weighted by Gasteiger charge is -2.19. The van der Waals surface area contributed by atoms with Crippen LogP contribution in [0.3, 0.4) is 0 Å². The molecule has 1 aliphatic rings. The van der Waals surface area contributed by atoms with Gasteiger partial charge in [0, 0.05) is 23.7 Å². The number of rotatable bonds is 2. The lowest BCUT2D eigenvalue weighted by molar-refractivity contribution is -0.115. The number of carbonyl (C=O) groups excluding carboxylic acids is 1. The van der Waals surface area contributed by atoms with E-state index in [0.717, 1.165) is 40.8 Å². The maximum Gasteiger partial charge on any atom is 0.158 e. The Morgan fingerprint density at radius 2 is 1.80 bits per heavy atom. The normalized spacial score (nSPS) is 15.6. The molecule has 0 fully saturated rings. The molecule has 1 heterocycles. The van der Waals surface area contributed by atoms with Gasteiger partial charge in [-0.25, -0.2) is 0 Å². The predicted molar refractivity (Wildman–Crippen MR) is 81.1 cm³/mol. The van der Waals surface area contributed by atoms with E-state index in [4.69, 9.17) is 0 Å². The number of carbonyl (C=O) groups is 1. The van der Waals surface area contributed by atoms with Crippen LogP contribution in [0.15, 0.2) is 54.2 Å². The van der Waals surface area contributed by atoms with Crippen LogP contribution in [0.1, 0.15) is 31.7 Å². The minimum Gasteiger partial charge on any atom is -0.295 e. The molecule has 0 N–H and O–H groups in total. The van der Waals surface area contributed by atoms with Crippen LogP contribution in [0.5, 0.6) is 0 Å². The van der Waals surface area contributed by atoms with Crippen molar-refractivity contribution in [3.05, 3.63) is 59.8 Å². The van der Waals surface area contributed by atoms with Crippen LogP contribution in [0, 0.1) is 0 Å². The first-order valence-electron chi connectivity index (χ1n) is 7.01. The molecular formula is C18H17NO. The third-order valence-electron chi connectivity index (χ3n) is 3.88. The molecule has 100 valence electrons. The van der Waals surface area contributed by atoms with E-state index in [1.54, 1.807) is 0 Å². The summed E-state index contributed by atoms with van der Waals surface area (Å²) >= 11 is 0. The molecule has 0 saturated heterocycles. The van der Waals surface area contributed by atoms with Gasteiger partial charge < -0.3 is 0 Å². The summed E-state index contributed by atoms with van der Waals surface area (Å²) in [5.41, 5.74) is 5.23. The SMILES string of the molecule is CC1=C(c2cccnc2-c2ccccc2)CCCC1=O. The Balaban J connectivity index is 2.16. The highest BCUT2D eigenvalue weighted by atomic mass is 16.1. The van der Waals surface area contributed by atoms with E-state index in [0.29, 0.717) is 6.42 Å². The van der Waals surface area contributed by atoms with E-state index in [-0.39, 0.29) is 5.78 Å². The van der Waals surface area contributed by atoms with Crippen molar-refractivity contribution in [1.82, 2.24) is 4.98 Å². The van der Waals surface area contributed by atoms with Gasteiger partial charge in [-0.3, -0.25) is 9.78 Å². The first kappa shape index (κ1) is 12.8. The number of nitrogens with zero attached hydrogens (tertiary/aromatic N) is 1. The largest absolute Gasteiger partial charge is 0.295 e. The van der Waals surface area contributed by atoms with Crippen LogP contribution in [0.2, 0.25) is 0 Å². The summed E-state index contributed by atoms with van der Waals surface area (Å²) < 4.78 is 0. The zero-order valence-corrected chi connectivity index (χ0v) is 11.6. The maximum atomic E-state index is 11.9. The number of hydrogen-bond acceptors (Lipinski definition) is 2. The summed E-state index contributed by atoms with van der Waals surface area (Å²) in [5, 5.41) is 0. The number of benzene rings is 1. The van der Waals surface area contributed by atoms with Crippen molar-refractivity contribution in [3.63, 3.8) is 0 Å². The van der Waals surface area contributed by atoms with Crippen molar-refractivity contribution in [1.29, 1.82) is 0 Å². The van der Waals surface area contributed by atoms with Gasteiger partial charge >= 0.3 is 0 Å². The molecule has 1 aromatic heterocycles. The Morgan fingerprint density at radius 3 is 2.60 bits per heavy atom. The quantitative estimate of drug-likeness (QED) is 0.809. The Morgan fingerprint density at radius 1 is 1.00 bits per heavy atom. The first-order valence-corrected chi connectivity index (χ1v) is 7.01. The number of aromatic nitrogens is 1. The summed E-state index contributed by atoms with van der Waals surface area (Å²) in [6, 6.07) is 14.2. The van der Waals surface area contributed by atoms with E-state index in [1.165, 1.54) is 0 Å². The molecule has 20 heavy (non-hydrogen) atoms. The second-order valence-corrected chi connectivity index (χ2v) is 5.15. The lowest BCUT2D eigenvalue weighted by Crippen LogP contribution is -2.09. The lowest BCUT2D eigenvalue weighted by atomic mass is 9.86. The molecule has 0 radical (unpaired) electrons. The van der Waals surface area contributed by atoms with E-state index in [9.17, 15) is 4.79 Å². The van der Waals surface area contributed by atoms with Crippen molar-refractivity contribution in [2.24, 2.45) is 0 Å². The van der Waals surface area contributed by atoms with Crippen LogP contribution < -0.4 is 0 Å². The zero-order chi connectivity index (χ0) is 13.9.